The first-order chi connectivity index (χ1) is 5.74. The lowest BCUT2D eigenvalue weighted by molar-refractivity contribution is 0.784. The van der Waals surface area contributed by atoms with Gasteiger partial charge in [0, 0.05) is 6.21 Å². The number of hydrogen-bond donors (Lipinski definition) is 0. The molecule has 1 heterocycles. The standard InChI is InChI=1S/C10H14N2/c1-4-5-6-11-10-8(2)7-9(3)12-10/h4-6,9H,2,7H2,1,3H3/b5-4-,11-6?. The van der Waals surface area contributed by atoms with Gasteiger partial charge in [0.25, 0.3) is 0 Å². The Balaban J connectivity index is 2.63. The molecule has 1 unspecified atom stereocenters. The van der Waals surface area contributed by atoms with E-state index in [4.69, 9.17) is 0 Å². The minimum Gasteiger partial charge on any atom is -0.263 e. The summed E-state index contributed by atoms with van der Waals surface area (Å²) in [5.41, 5.74) is 1.04. The molecule has 0 spiro atoms. The van der Waals surface area contributed by atoms with Crippen molar-refractivity contribution in [2.45, 2.75) is 26.3 Å². The van der Waals surface area contributed by atoms with E-state index < -0.39 is 0 Å². The van der Waals surface area contributed by atoms with E-state index in [-0.39, 0.29) is 0 Å². The van der Waals surface area contributed by atoms with Gasteiger partial charge >= 0.3 is 0 Å². The Labute approximate surface area is 73.4 Å². The van der Waals surface area contributed by atoms with E-state index in [9.17, 15) is 0 Å². The Morgan fingerprint density at radius 3 is 2.92 bits per heavy atom. The van der Waals surface area contributed by atoms with Crippen LogP contribution in [0.25, 0.3) is 0 Å². The van der Waals surface area contributed by atoms with Crippen LogP contribution in [0.4, 0.5) is 0 Å². The molecule has 2 heteroatoms. The van der Waals surface area contributed by atoms with Crippen LogP contribution in [0.2, 0.25) is 0 Å². The summed E-state index contributed by atoms with van der Waals surface area (Å²) in [6.45, 7) is 7.93. The zero-order chi connectivity index (χ0) is 8.97. The Bertz CT molecular complexity index is 259. The average molecular weight is 162 g/mol. The third-order valence-electron chi connectivity index (χ3n) is 1.68. The zero-order valence-electron chi connectivity index (χ0n) is 7.62. The van der Waals surface area contributed by atoms with Crippen LogP contribution < -0.4 is 0 Å². The average Bonchev–Trinajstić information content (AvgIpc) is 2.31. The zero-order valence-corrected chi connectivity index (χ0v) is 7.62. The first kappa shape index (κ1) is 8.91. The molecule has 0 amide bonds. The minimum absolute atomic E-state index is 0.357. The molecule has 0 bridgehead atoms. The Hall–Kier alpha value is -1.18. The Kier molecular flexibility index (Phi) is 2.97. The van der Waals surface area contributed by atoms with Crippen molar-refractivity contribution in [3.05, 3.63) is 24.3 Å². The van der Waals surface area contributed by atoms with Gasteiger partial charge in [-0.25, -0.2) is 4.99 Å². The molecule has 12 heavy (non-hydrogen) atoms. The van der Waals surface area contributed by atoms with Crippen LogP contribution >= 0.6 is 0 Å². The van der Waals surface area contributed by atoms with Gasteiger partial charge in [-0.1, -0.05) is 12.7 Å². The second-order valence-corrected chi connectivity index (χ2v) is 2.91. The molecule has 0 radical (unpaired) electrons. The van der Waals surface area contributed by atoms with E-state index >= 15 is 0 Å². The summed E-state index contributed by atoms with van der Waals surface area (Å²) in [5, 5.41) is 0. The monoisotopic (exact) mass is 162 g/mol. The lowest BCUT2D eigenvalue weighted by Gasteiger charge is -1.91. The molecular formula is C10H14N2. The van der Waals surface area contributed by atoms with Crippen LogP contribution in [0.15, 0.2) is 34.3 Å². The van der Waals surface area contributed by atoms with E-state index in [1.54, 1.807) is 6.21 Å². The summed E-state index contributed by atoms with van der Waals surface area (Å²) in [5.74, 6) is 0.806. The van der Waals surface area contributed by atoms with Gasteiger partial charge in [-0.2, -0.15) is 0 Å². The highest BCUT2D eigenvalue weighted by Gasteiger charge is 2.15. The van der Waals surface area contributed by atoms with Gasteiger partial charge in [0.15, 0.2) is 0 Å². The van der Waals surface area contributed by atoms with E-state index in [1.165, 1.54) is 0 Å². The predicted molar refractivity (Wildman–Crippen MR) is 54.0 cm³/mol. The number of allylic oxidation sites excluding steroid dienone is 2. The molecule has 0 N–H and O–H groups in total. The van der Waals surface area contributed by atoms with Crippen LogP contribution in [0.1, 0.15) is 20.3 Å². The van der Waals surface area contributed by atoms with Gasteiger partial charge in [-0.15, -0.1) is 0 Å². The molecule has 0 aromatic heterocycles. The SMILES string of the molecule is C=C1CC(C)N=C1N=C/C=C\C. The van der Waals surface area contributed by atoms with Crippen molar-refractivity contribution in [3.8, 4) is 0 Å². The van der Waals surface area contributed by atoms with E-state index in [2.05, 4.69) is 23.5 Å². The summed E-state index contributed by atoms with van der Waals surface area (Å²) in [6.07, 6.45) is 6.52. The molecule has 0 aromatic carbocycles. The summed E-state index contributed by atoms with van der Waals surface area (Å²) in [4.78, 5) is 8.51. The van der Waals surface area contributed by atoms with Crippen LogP contribution in [-0.2, 0) is 0 Å². The van der Waals surface area contributed by atoms with Gasteiger partial charge in [0.1, 0.15) is 5.84 Å². The smallest absolute Gasteiger partial charge is 0.150 e. The molecule has 1 rings (SSSR count). The van der Waals surface area contributed by atoms with Crippen LogP contribution in [0.5, 0.6) is 0 Å². The summed E-state index contributed by atoms with van der Waals surface area (Å²) in [7, 11) is 0. The molecule has 0 saturated carbocycles. The molecule has 2 nitrogen and oxygen atoms in total. The van der Waals surface area contributed by atoms with Crippen molar-refractivity contribution in [3.63, 3.8) is 0 Å². The molecule has 1 aliphatic heterocycles. The lowest BCUT2D eigenvalue weighted by atomic mass is 10.2. The maximum atomic E-state index is 4.33. The summed E-state index contributed by atoms with van der Waals surface area (Å²) in [6, 6.07) is 0.357. The number of rotatable bonds is 1. The summed E-state index contributed by atoms with van der Waals surface area (Å²) >= 11 is 0. The van der Waals surface area contributed by atoms with Gasteiger partial charge in [-0.05, 0) is 31.9 Å². The van der Waals surface area contributed by atoms with Crippen molar-refractivity contribution in [2.24, 2.45) is 9.98 Å². The predicted octanol–water partition coefficient (Wildman–Crippen LogP) is 2.38. The number of hydrogen-bond acceptors (Lipinski definition) is 2. The number of amidine groups is 1. The fraction of sp³-hybridized carbons (Fsp3) is 0.400. The molecule has 1 aliphatic rings. The maximum absolute atomic E-state index is 4.33. The summed E-state index contributed by atoms with van der Waals surface area (Å²) < 4.78 is 0. The first-order valence-electron chi connectivity index (χ1n) is 4.15. The van der Waals surface area contributed by atoms with Gasteiger partial charge in [0.2, 0.25) is 0 Å². The normalized spacial score (nSPS) is 24.3. The van der Waals surface area contributed by atoms with Crippen molar-refractivity contribution >= 4 is 12.1 Å². The van der Waals surface area contributed by atoms with Crippen molar-refractivity contribution in [1.29, 1.82) is 0 Å². The number of aliphatic imine (C=N–C) groups is 2. The number of nitrogens with zero attached hydrogens (tertiary/aromatic N) is 2. The maximum Gasteiger partial charge on any atom is 0.150 e. The molecular weight excluding hydrogens is 148 g/mol. The van der Waals surface area contributed by atoms with Crippen molar-refractivity contribution < 1.29 is 0 Å². The lowest BCUT2D eigenvalue weighted by Crippen LogP contribution is -1.90. The van der Waals surface area contributed by atoms with Crippen LogP contribution in [0.3, 0.4) is 0 Å². The fourth-order valence-electron chi connectivity index (χ4n) is 1.12. The van der Waals surface area contributed by atoms with Gasteiger partial charge in [0.05, 0.1) is 6.04 Å². The fourth-order valence-corrected chi connectivity index (χ4v) is 1.12. The van der Waals surface area contributed by atoms with E-state index in [0.29, 0.717) is 6.04 Å². The molecule has 0 aliphatic carbocycles. The van der Waals surface area contributed by atoms with Gasteiger partial charge in [-0.3, -0.25) is 4.99 Å². The molecule has 0 aromatic rings. The van der Waals surface area contributed by atoms with Crippen molar-refractivity contribution in [1.82, 2.24) is 0 Å². The molecule has 1 atom stereocenters. The van der Waals surface area contributed by atoms with Gasteiger partial charge < -0.3 is 0 Å². The first-order valence-corrected chi connectivity index (χ1v) is 4.15. The second kappa shape index (κ2) is 4.00. The highest BCUT2D eigenvalue weighted by atomic mass is 15.0. The third-order valence-corrected chi connectivity index (χ3v) is 1.68. The Morgan fingerprint density at radius 2 is 2.42 bits per heavy atom. The van der Waals surface area contributed by atoms with E-state index in [0.717, 1.165) is 17.8 Å². The Morgan fingerprint density at radius 1 is 1.67 bits per heavy atom. The van der Waals surface area contributed by atoms with Crippen LogP contribution in [-0.4, -0.2) is 18.1 Å². The highest BCUT2D eigenvalue weighted by Crippen LogP contribution is 2.17. The highest BCUT2D eigenvalue weighted by molar-refractivity contribution is 6.04. The third kappa shape index (κ3) is 2.16. The molecule has 0 fully saturated rings. The quantitative estimate of drug-likeness (QED) is 0.529. The molecule has 64 valence electrons. The van der Waals surface area contributed by atoms with Crippen molar-refractivity contribution in [2.75, 3.05) is 0 Å². The second-order valence-electron chi connectivity index (χ2n) is 2.91. The largest absolute Gasteiger partial charge is 0.263 e. The molecule has 0 saturated heterocycles. The van der Waals surface area contributed by atoms with E-state index in [1.807, 2.05) is 19.1 Å². The minimum atomic E-state index is 0.357. The topological polar surface area (TPSA) is 24.7 Å². The van der Waals surface area contributed by atoms with Crippen LogP contribution in [0, 0.1) is 0 Å².